The van der Waals surface area contributed by atoms with Crippen LogP contribution in [0.25, 0.3) is 11.3 Å². The number of amides is 1. The molecule has 2 atom stereocenters. The molecule has 150 valence electrons. The van der Waals surface area contributed by atoms with Gasteiger partial charge >= 0.3 is 5.97 Å². The number of hydrogen-bond donors (Lipinski definition) is 1. The first-order chi connectivity index (χ1) is 13.4. The number of carbonyl (C=O) groups excluding carboxylic acids is 2. The van der Waals surface area contributed by atoms with Crippen molar-refractivity contribution in [1.82, 2.24) is 10.5 Å². The molecule has 6 nitrogen and oxygen atoms in total. The summed E-state index contributed by atoms with van der Waals surface area (Å²) in [5.41, 5.74) is -0.147. The number of aryl methyl sites for hydroxylation is 1. The van der Waals surface area contributed by atoms with Gasteiger partial charge in [-0.2, -0.15) is 0 Å². The minimum atomic E-state index is -0.820. The Bertz CT molecular complexity index is 863. The number of carbonyl (C=O) groups is 2. The number of nitrogens with zero attached hydrogens (tertiary/aromatic N) is 1. The molecule has 1 aliphatic rings. The summed E-state index contributed by atoms with van der Waals surface area (Å²) >= 11 is 6.06. The molecule has 1 N–H and O–H groups in total. The van der Waals surface area contributed by atoms with E-state index in [1.165, 1.54) is 25.1 Å². The van der Waals surface area contributed by atoms with Gasteiger partial charge in [-0.1, -0.05) is 42.6 Å². The fourth-order valence-electron chi connectivity index (χ4n) is 3.49. The van der Waals surface area contributed by atoms with Crippen molar-refractivity contribution in [3.05, 3.63) is 40.4 Å². The van der Waals surface area contributed by atoms with E-state index in [0.717, 1.165) is 25.7 Å². The zero-order valence-electron chi connectivity index (χ0n) is 15.8. The quantitative estimate of drug-likeness (QED) is 0.746. The predicted octanol–water partition coefficient (Wildman–Crippen LogP) is 4.29. The number of nitrogens with one attached hydrogen (secondary N) is 1. The van der Waals surface area contributed by atoms with Gasteiger partial charge in [0, 0.05) is 6.04 Å². The van der Waals surface area contributed by atoms with Crippen molar-refractivity contribution in [2.75, 3.05) is 6.61 Å². The Labute approximate surface area is 167 Å². The van der Waals surface area contributed by atoms with Crippen LogP contribution in [-0.4, -0.2) is 29.7 Å². The summed E-state index contributed by atoms with van der Waals surface area (Å²) < 4.78 is 24.4. The zero-order valence-corrected chi connectivity index (χ0v) is 16.5. The van der Waals surface area contributed by atoms with Crippen molar-refractivity contribution < 1.29 is 23.2 Å². The predicted molar refractivity (Wildman–Crippen MR) is 101 cm³/mol. The van der Waals surface area contributed by atoms with E-state index in [4.69, 9.17) is 20.9 Å². The van der Waals surface area contributed by atoms with Crippen molar-refractivity contribution >= 4 is 23.5 Å². The summed E-state index contributed by atoms with van der Waals surface area (Å²) in [6.45, 7) is 3.17. The van der Waals surface area contributed by atoms with Crippen LogP contribution in [0.3, 0.4) is 0 Å². The van der Waals surface area contributed by atoms with Gasteiger partial charge in [0.2, 0.25) is 0 Å². The summed E-state index contributed by atoms with van der Waals surface area (Å²) in [5.74, 6) is -1.28. The molecule has 8 heteroatoms. The SMILES string of the molecule is Cc1onc(-c2c(F)cccc2Cl)c1C(=O)OCC(=O)N[C@@H]1CCCC[C@H]1C. The van der Waals surface area contributed by atoms with E-state index in [1.807, 2.05) is 0 Å². The largest absolute Gasteiger partial charge is 0.452 e. The molecule has 1 amide bonds. The van der Waals surface area contributed by atoms with Gasteiger partial charge in [-0.25, -0.2) is 9.18 Å². The highest BCUT2D eigenvalue weighted by atomic mass is 35.5. The van der Waals surface area contributed by atoms with Crippen molar-refractivity contribution in [2.45, 2.75) is 45.6 Å². The van der Waals surface area contributed by atoms with Crippen molar-refractivity contribution in [1.29, 1.82) is 0 Å². The maximum atomic E-state index is 14.2. The Morgan fingerprint density at radius 2 is 2.11 bits per heavy atom. The third-order valence-electron chi connectivity index (χ3n) is 5.06. The van der Waals surface area contributed by atoms with Gasteiger partial charge in [-0.15, -0.1) is 0 Å². The van der Waals surface area contributed by atoms with E-state index in [1.54, 1.807) is 0 Å². The van der Waals surface area contributed by atoms with Crippen molar-refractivity contribution in [3.63, 3.8) is 0 Å². The standard InChI is InChI=1S/C20H22ClFN2O4/c1-11-6-3-4-9-15(11)23-16(25)10-27-20(26)17-12(2)28-24-19(17)18-13(21)7-5-8-14(18)22/h5,7-8,11,15H,3-4,6,9-10H2,1-2H3,(H,23,25)/t11-,15-/m1/s1. The Hall–Kier alpha value is -2.41. The van der Waals surface area contributed by atoms with Crippen LogP contribution in [0, 0.1) is 18.7 Å². The topological polar surface area (TPSA) is 81.4 Å². The maximum absolute atomic E-state index is 14.2. The molecule has 0 saturated heterocycles. The molecule has 1 heterocycles. The van der Waals surface area contributed by atoms with Gasteiger partial charge in [-0.3, -0.25) is 4.79 Å². The third kappa shape index (κ3) is 4.35. The van der Waals surface area contributed by atoms with E-state index >= 15 is 0 Å². The molecule has 0 bridgehead atoms. The number of aromatic nitrogens is 1. The van der Waals surface area contributed by atoms with Gasteiger partial charge in [0.05, 0.1) is 10.6 Å². The lowest BCUT2D eigenvalue weighted by atomic mass is 9.86. The second-order valence-electron chi connectivity index (χ2n) is 7.07. The normalized spacial score (nSPS) is 19.3. The molecule has 1 aromatic heterocycles. The van der Waals surface area contributed by atoms with E-state index in [9.17, 15) is 14.0 Å². The first-order valence-corrected chi connectivity index (χ1v) is 9.63. The van der Waals surface area contributed by atoms with Crippen LogP contribution in [0.4, 0.5) is 4.39 Å². The number of esters is 1. The van der Waals surface area contributed by atoms with Crippen LogP contribution in [0.5, 0.6) is 0 Å². The molecule has 2 aromatic rings. The van der Waals surface area contributed by atoms with Crippen LogP contribution >= 0.6 is 11.6 Å². The monoisotopic (exact) mass is 408 g/mol. The van der Waals surface area contributed by atoms with Crippen molar-refractivity contribution in [2.24, 2.45) is 5.92 Å². The van der Waals surface area contributed by atoms with Crippen LogP contribution in [0.1, 0.15) is 48.7 Å². The molecule has 1 aliphatic carbocycles. The van der Waals surface area contributed by atoms with Gasteiger partial charge in [-0.05, 0) is 37.8 Å². The van der Waals surface area contributed by atoms with Crippen LogP contribution in [0.15, 0.2) is 22.7 Å². The summed E-state index contributed by atoms with van der Waals surface area (Å²) in [6.07, 6.45) is 4.22. The van der Waals surface area contributed by atoms with Crippen LogP contribution in [0.2, 0.25) is 5.02 Å². The highest BCUT2D eigenvalue weighted by molar-refractivity contribution is 6.33. The van der Waals surface area contributed by atoms with E-state index in [-0.39, 0.29) is 39.6 Å². The lowest BCUT2D eigenvalue weighted by Crippen LogP contribution is -2.42. The smallest absolute Gasteiger partial charge is 0.344 e. The highest BCUT2D eigenvalue weighted by Crippen LogP contribution is 2.33. The molecule has 1 fully saturated rings. The fraction of sp³-hybridized carbons (Fsp3) is 0.450. The lowest BCUT2D eigenvalue weighted by molar-refractivity contribution is -0.125. The number of halogens is 2. The average molecular weight is 409 g/mol. The summed E-state index contributed by atoms with van der Waals surface area (Å²) in [7, 11) is 0. The summed E-state index contributed by atoms with van der Waals surface area (Å²) in [4.78, 5) is 24.7. The molecule has 0 aliphatic heterocycles. The first-order valence-electron chi connectivity index (χ1n) is 9.25. The highest BCUT2D eigenvalue weighted by Gasteiger charge is 2.28. The minimum Gasteiger partial charge on any atom is -0.452 e. The molecule has 0 radical (unpaired) electrons. The molecule has 1 aromatic carbocycles. The van der Waals surface area contributed by atoms with Crippen molar-refractivity contribution in [3.8, 4) is 11.3 Å². The number of ether oxygens (including phenoxy) is 1. The molecular formula is C20H22ClFN2O4. The zero-order chi connectivity index (χ0) is 20.3. The molecule has 1 saturated carbocycles. The molecular weight excluding hydrogens is 387 g/mol. The van der Waals surface area contributed by atoms with E-state index in [2.05, 4.69) is 17.4 Å². The maximum Gasteiger partial charge on any atom is 0.344 e. The summed E-state index contributed by atoms with van der Waals surface area (Å²) in [6, 6.07) is 4.23. The second-order valence-corrected chi connectivity index (χ2v) is 7.48. The van der Waals surface area contributed by atoms with Gasteiger partial charge in [0.25, 0.3) is 5.91 Å². The number of hydrogen-bond acceptors (Lipinski definition) is 5. The fourth-order valence-corrected chi connectivity index (χ4v) is 3.74. The Morgan fingerprint density at radius 1 is 1.36 bits per heavy atom. The second kappa shape index (κ2) is 8.73. The Kier molecular flexibility index (Phi) is 6.34. The summed E-state index contributed by atoms with van der Waals surface area (Å²) in [5, 5.41) is 6.76. The van der Waals surface area contributed by atoms with E-state index in [0.29, 0.717) is 5.92 Å². The van der Waals surface area contributed by atoms with Gasteiger partial charge < -0.3 is 14.6 Å². The van der Waals surface area contributed by atoms with E-state index < -0.39 is 18.4 Å². The molecule has 0 spiro atoms. The average Bonchev–Trinajstić information content (AvgIpc) is 3.03. The Morgan fingerprint density at radius 3 is 2.82 bits per heavy atom. The van der Waals surface area contributed by atoms with Crippen LogP contribution < -0.4 is 5.32 Å². The molecule has 0 unspecified atom stereocenters. The first kappa shape index (κ1) is 20.3. The van der Waals surface area contributed by atoms with Crippen LogP contribution in [-0.2, 0) is 9.53 Å². The van der Waals surface area contributed by atoms with Gasteiger partial charge in [0.15, 0.2) is 6.61 Å². The Balaban J connectivity index is 1.70. The number of rotatable bonds is 5. The minimum absolute atomic E-state index is 0.0477. The molecule has 28 heavy (non-hydrogen) atoms. The lowest BCUT2D eigenvalue weighted by Gasteiger charge is -2.29. The third-order valence-corrected chi connectivity index (χ3v) is 5.37. The molecule has 3 rings (SSSR count). The number of benzene rings is 1. The van der Waals surface area contributed by atoms with Gasteiger partial charge in [0.1, 0.15) is 22.8 Å².